The molecule has 1 aliphatic rings. The minimum Gasteiger partial charge on any atom is -0.465 e. The highest BCUT2D eigenvalue weighted by Crippen LogP contribution is 2.23. The summed E-state index contributed by atoms with van der Waals surface area (Å²) in [7, 11) is -3.35. The summed E-state index contributed by atoms with van der Waals surface area (Å²) < 4.78 is 33.4. The van der Waals surface area contributed by atoms with Crippen molar-refractivity contribution in [2.24, 2.45) is 10.9 Å². The zero-order valence-electron chi connectivity index (χ0n) is 16.1. The van der Waals surface area contributed by atoms with E-state index in [1.807, 2.05) is 18.2 Å². The first kappa shape index (κ1) is 22.1. The molecule has 1 fully saturated rings. The maximum atomic E-state index is 12.8. The summed E-state index contributed by atoms with van der Waals surface area (Å²) in [5, 5.41) is 0. The van der Waals surface area contributed by atoms with Crippen LogP contribution in [0.2, 0.25) is 0 Å². The number of fused-ring (bicyclic) bond motifs is 1. The normalized spacial score (nSPS) is 18.9. The molecule has 0 N–H and O–H groups in total. The van der Waals surface area contributed by atoms with Crippen LogP contribution in [0.4, 0.5) is 0 Å². The summed E-state index contributed by atoms with van der Waals surface area (Å²) in [6, 6.07) is 5.61. The van der Waals surface area contributed by atoms with Crippen LogP contribution in [0.1, 0.15) is 19.8 Å². The Balaban J connectivity index is 1.97. The average molecular weight is 504 g/mol. The third kappa shape index (κ3) is 5.33. The van der Waals surface area contributed by atoms with Gasteiger partial charge >= 0.3 is 5.97 Å². The number of piperidine rings is 1. The number of amides is 1. The lowest BCUT2D eigenvalue weighted by atomic mass is 9.99. The van der Waals surface area contributed by atoms with Gasteiger partial charge in [0.25, 0.3) is 5.91 Å². The maximum Gasteiger partial charge on any atom is 0.326 e. The molecular formula is C18H22BrN3O5S2. The van der Waals surface area contributed by atoms with Gasteiger partial charge in [-0.15, -0.1) is 0 Å². The van der Waals surface area contributed by atoms with Crippen LogP contribution in [0.15, 0.2) is 27.7 Å². The molecule has 1 aliphatic heterocycles. The molecule has 11 heteroatoms. The van der Waals surface area contributed by atoms with E-state index in [1.54, 1.807) is 11.5 Å². The minimum atomic E-state index is -3.35. The van der Waals surface area contributed by atoms with Crippen molar-refractivity contribution in [3.63, 3.8) is 0 Å². The van der Waals surface area contributed by atoms with Crippen LogP contribution in [-0.4, -0.2) is 55.1 Å². The van der Waals surface area contributed by atoms with Crippen LogP contribution in [0.25, 0.3) is 10.2 Å². The highest BCUT2D eigenvalue weighted by Gasteiger charge is 2.30. The summed E-state index contributed by atoms with van der Waals surface area (Å²) in [5.74, 6) is -1.28. The summed E-state index contributed by atoms with van der Waals surface area (Å²) >= 11 is 4.73. The van der Waals surface area contributed by atoms with Crippen LogP contribution in [0.3, 0.4) is 0 Å². The second kappa shape index (κ2) is 9.07. The number of nitrogens with zero attached hydrogens (tertiary/aromatic N) is 3. The van der Waals surface area contributed by atoms with Crippen LogP contribution in [-0.2, 0) is 30.9 Å². The average Bonchev–Trinajstić information content (AvgIpc) is 2.97. The van der Waals surface area contributed by atoms with Gasteiger partial charge in [0, 0.05) is 17.6 Å². The Bertz CT molecular complexity index is 1110. The fourth-order valence-electron chi connectivity index (χ4n) is 3.25. The van der Waals surface area contributed by atoms with Crippen LogP contribution >= 0.6 is 27.3 Å². The van der Waals surface area contributed by atoms with Crippen molar-refractivity contribution in [2.45, 2.75) is 26.3 Å². The molecule has 29 heavy (non-hydrogen) atoms. The number of aromatic nitrogens is 1. The molecule has 0 spiro atoms. The van der Waals surface area contributed by atoms with Gasteiger partial charge in [0.15, 0.2) is 4.80 Å². The van der Waals surface area contributed by atoms with Gasteiger partial charge in [0.1, 0.15) is 6.54 Å². The standard InChI is InChI=1S/C18H22BrN3O5S2/c1-3-27-16(23)11-22-14-7-6-13(19)9-15(14)28-18(22)20-17(24)12-5-4-8-21(10-12)29(2,25)26/h6-7,9,12H,3-5,8,10-11H2,1-2H3. The number of thiazole rings is 1. The fourth-order valence-corrected chi connectivity index (χ4v) is 5.75. The first-order valence-corrected chi connectivity index (χ1v) is 12.6. The number of esters is 1. The van der Waals surface area contributed by atoms with Crippen molar-refractivity contribution in [2.75, 3.05) is 26.0 Å². The predicted octanol–water partition coefficient (Wildman–Crippen LogP) is 2.13. The van der Waals surface area contributed by atoms with Crippen LogP contribution < -0.4 is 4.80 Å². The van der Waals surface area contributed by atoms with Crippen LogP contribution in [0.5, 0.6) is 0 Å². The molecule has 1 aromatic carbocycles. The molecule has 2 heterocycles. The van der Waals surface area contributed by atoms with Crippen molar-refractivity contribution in [3.8, 4) is 0 Å². The molecule has 1 atom stereocenters. The van der Waals surface area contributed by atoms with E-state index < -0.39 is 21.9 Å². The molecule has 0 saturated carbocycles. The number of carbonyl (C=O) groups is 2. The van der Waals surface area contributed by atoms with Gasteiger partial charge in [-0.2, -0.15) is 4.99 Å². The highest BCUT2D eigenvalue weighted by molar-refractivity contribution is 9.10. The van der Waals surface area contributed by atoms with Crippen molar-refractivity contribution in [1.82, 2.24) is 8.87 Å². The third-order valence-corrected chi connectivity index (χ3v) is 7.45. The first-order valence-electron chi connectivity index (χ1n) is 9.17. The van der Waals surface area contributed by atoms with E-state index in [-0.39, 0.29) is 25.6 Å². The van der Waals surface area contributed by atoms with Gasteiger partial charge < -0.3 is 9.30 Å². The minimum absolute atomic E-state index is 0.0539. The first-order chi connectivity index (χ1) is 13.7. The molecule has 0 radical (unpaired) electrons. The Morgan fingerprint density at radius 3 is 2.83 bits per heavy atom. The quantitative estimate of drug-likeness (QED) is 0.582. The van der Waals surface area contributed by atoms with Gasteiger partial charge in [-0.3, -0.25) is 9.59 Å². The van der Waals surface area contributed by atoms with Crippen molar-refractivity contribution < 1.29 is 22.7 Å². The second-order valence-electron chi connectivity index (χ2n) is 6.80. The SMILES string of the molecule is CCOC(=O)Cn1c(=NC(=O)C2CCCN(S(C)(=O)=O)C2)sc2cc(Br)ccc21. The maximum absolute atomic E-state index is 12.8. The molecule has 0 aliphatic carbocycles. The van der Waals surface area contributed by atoms with Gasteiger partial charge in [-0.25, -0.2) is 12.7 Å². The Kier molecular flexibility index (Phi) is 6.92. The number of benzene rings is 1. The molecule has 1 unspecified atom stereocenters. The van der Waals surface area contributed by atoms with Crippen molar-refractivity contribution in [1.29, 1.82) is 0 Å². The molecular weight excluding hydrogens is 482 g/mol. The van der Waals surface area contributed by atoms with E-state index >= 15 is 0 Å². The molecule has 1 aromatic heterocycles. The molecule has 1 amide bonds. The molecule has 2 aromatic rings. The summed E-state index contributed by atoms with van der Waals surface area (Å²) in [6.45, 7) is 2.50. The second-order valence-corrected chi connectivity index (χ2v) is 10.7. The van der Waals surface area contributed by atoms with E-state index in [4.69, 9.17) is 4.74 Å². The number of hydrogen-bond acceptors (Lipinski definition) is 6. The molecule has 158 valence electrons. The van der Waals surface area contributed by atoms with Gasteiger partial charge in [0.05, 0.1) is 29.0 Å². The van der Waals surface area contributed by atoms with Crippen molar-refractivity contribution >= 4 is 59.4 Å². The third-order valence-electron chi connectivity index (χ3n) is 4.65. The topological polar surface area (TPSA) is 98.0 Å². The van der Waals surface area contributed by atoms with Crippen molar-refractivity contribution in [3.05, 3.63) is 27.5 Å². The van der Waals surface area contributed by atoms with Crippen LogP contribution in [0, 0.1) is 5.92 Å². The molecule has 8 nitrogen and oxygen atoms in total. The lowest BCUT2D eigenvalue weighted by Gasteiger charge is -2.28. The molecule has 0 bridgehead atoms. The Hall–Kier alpha value is -1.56. The van der Waals surface area contributed by atoms with Gasteiger partial charge in [-0.05, 0) is 38.0 Å². The fraction of sp³-hybridized carbons (Fsp3) is 0.500. The van der Waals surface area contributed by atoms with E-state index in [1.165, 1.54) is 15.6 Å². The summed E-state index contributed by atoms with van der Waals surface area (Å²) in [5.41, 5.74) is 0.777. The smallest absolute Gasteiger partial charge is 0.326 e. The van der Waals surface area contributed by atoms with E-state index in [9.17, 15) is 18.0 Å². The highest BCUT2D eigenvalue weighted by atomic mass is 79.9. The zero-order valence-corrected chi connectivity index (χ0v) is 19.3. The molecule has 1 saturated heterocycles. The number of halogens is 1. The Morgan fingerprint density at radius 1 is 1.38 bits per heavy atom. The lowest BCUT2D eigenvalue weighted by Crippen LogP contribution is -2.41. The van der Waals surface area contributed by atoms with Gasteiger partial charge in [0.2, 0.25) is 10.0 Å². The zero-order chi connectivity index (χ0) is 21.2. The summed E-state index contributed by atoms with van der Waals surface area (Å²) in [4.78, 5) is 29.6. The number of ether oxygens (including phenoxy) is 1. The number of rotatable bonds is 5. The number of hydrogen-bond donors (Lipinski definition) is 0. The summed E-state index contributed by atoms with van der Waals surface area (Å²) in [6.07, 6.45) is 2.35. The number of sulfonamides is 1. The van der Waals surface area contributed by atoms with E-state index in [2.05, 4.69) is 20.9 Å². The molecule has 3 rings (SSSR count). The van der Waals surface area contributed by atoms with E-state index in [0.717, 1.165) is 20.9 Å². The Labute approximate surface area is 181 Å². The number of carbonyl (C=O) groups excluding carboxylic acids is 2. The monoisotopic (exact) mass is 503 g/mol. The predicted molar refractivity (Wildman–Crippen MR) is 114 cm³/mol. The van der Waals surface area contributed by atoms with Gasteiger partial charge in [-0.1, -0.05) is 27.3 Å². The van der Waals surface area contributed by atoms with E-state index in [0.29, 0.717) is 24.2 Å². The lowest BCUT2D eigenvalue weighted by molar-refractivity contribution is -0.143. The largest absolute Gasteiger partial charge is 0.465 e. The Morgan fingerprint density at radius 2 is 2.14 bits per heavy atom.